The summed E-state index contributed by atoms with van der Waals surface area (Å²) in [7, 11) is 1.79. The van der Waals surface area contributed by atoms with Gasteiger partial charge in [0, 0.05) is 10.5 Å². The number of ether oxygens (including phenoxy) is 2. The molecule has 0 N–H and O–H groups in total. The summed E-state index contributed by atoms with van der Waals surface area (Å²) in [4.78, 5) is 13.3. The van der Waals surface area contributed by atoms with Crippen molar-refractivity contribution < 1.29 is 14.3 Å². The molecule has 2 aromatic carbocycles. The van der Waals surface area contributed by atoms with Crippen LogP contribution in [0.1, 0.15) is 54.4 Å². The van der Waals surface area contributed by atoms with E-state index in [1.54, 1.807) is 31.0 Å². The predicted octanol–water partition coefficient (Wildman–Crippen LogP) is 6.07. The van der Waals surface area contributed by atoms with Gasteiger partial charge in [-0.15, -0.1) is 0 Å². The van der Waals surface area contributed by atoms with E-state index in [-0.39, 0.29) is 11.4 Å². The molecule has 4 fully saturated rings. The van der Waals surface area contributed by atoms with E-state index in [9.17, 15) is 4.79 Å². The average Bonchev–Trinajstić information content (AvgIpc) is 2.73. The zero-order valence-electron chi connectivity index (χ0n) is 16.9. The summed E-state index contributed by atoms with van der Waals surface area (Å²) in [5.41, 5.74) is 2.27. The van der Waals surface area contributed by atoms with E-state index >= 15 is 0 Å². The Hall–Kier alpha value is -1.94. The highest BCUT2D eigenvalue weighted by atomic mass is 32.2. The minimum absolute atomic E-state index is 0.270. The standard InChI is InChI=1S/C25H28O3S/c1-27-23-8-7-21(29-16-28-24(26)20-5-3-2-4-6-20)12-22(23)25-13-17-9-18(14-25)11-19(10-17)15-25/h2-8,12,17-19H,9-11,13-16H2,1H3. The molecule has 152 valence electrons. The van der Waals surface area contributed by atoms with Crippen LogP contribution in [0, 0.1) is 17.8 Å². The third kappa shape index (κ3) is 3.68. The lowest BCUT2D eigenvalue weighted by atomic mass is 9.48. The van der Waals surface area contributed by atoms with Crippen LogP contribution in [0.5, 0.6) is 5.75 Å². The van der Waals surface area contributed by atoms with Crippen LogP contribution in [0.2, 0.25) is 0 Å². The van der Waals surface area contributed by atoms with Crippen LogP contribution < -0.4 is 4.74 Å². The zero-order chi connectivity index (χ0) is 19.8. The van der Waals surface area contributed by atoms with Crippen LogP contribution in [0.3, 0.4) is 0 Å². The molecule has 4 heteroatoms. The van der Waals surface area contributed by atoms with Crippen LogP contribution in [-0.4, -0.2) is 19.0 Å². The van der Waals surface area contributed by atoms with Crippen molar-refractivity contribution in [1.82, 2.24) is 0 Å². The summed E-state index contributed by atoms with van der Waals surface area (Å²) in [6.45, 7) is 0. The number of thioether (sulfide) groups is 1. The first-order chi connectivity index (χ1) is 14.1. The van der Waals surface area contributed by atoms with Crippen molar-refractivity contribution in [3.05, 3.63) is 59.7 Å². The highest BCUT2D eigenvalue weighted by molar-refractivity contribution is 7.99. The minimum Gasteiger partial charge on any atom is -0.496 e. The molecule has 0 saturated heterocycles. The van der Waals surface area contributed by atoms with Crippen molar-refractivity contribution in [1.29, 1.82) is 0 Å². The lowest BCUT2D eigenvalue weighted by molar-refractivity contribution is -0.00625. The normalized spacial score (nSPS) is 29.6. The van der Waals surface area contributed by atoms with Gasteiger partial charge in [0.25, 0.3) is 0 Å². The van der Waals surface area contributed by atoms with Gasteiger partial charge in [0.2, 0.25) is 0 Å². The summed E-state index contributed by atoms with van der Waals surface area (Å²) < 4.78 is 11.3. The number of carbonyl (C=O) groups is 1. The SMILES string of the molecule is COc1ccc(SCOC(=O)c2ccccc2)cc1C12CC3CC(CC(C3)C1)C2. The number of carbonyl (C=O) groups excluding carboxylic acids is 1. The summed E-state index contributed by atoms with van der Waals surface area (Å²) >= 11 is 1.58. The van der Waals surface area contributed by atoms with Gasteiger partial charge < -0.3 is 9.47 Å². The molecule has 6 rings (SSSR count). The van der Waals surface area contributed by atoms with E-state index in [0.717, 1.165) is 28.4 Å². The Morgan fingerprint density at radius 3 is 2.28 bits per heavy atom. The number of hydrogen-bond donors (Lipinski definition) is 0. The molecule has 0 atom stereocenters. The monoisotopic (exact) mass is 408 g/mol. The quantitative estimate of drug-likeness (QED) is 0.330. The van der Waals surface area contributed by atoms with Crippen LogP contribution in [0.15, 0.2) is 53.4 Å². The number of benzene rings is 2. The van der Waals surface area contributed by atoms with Gasteiger partial charge in [-0.1, -0.05) is 30.0 Å². The third-order valence-corrected chi connectivity index (χ3v) is 8.03. The van der Waals surface area contributed by atoms with Gasteiger partial charge in [-0.25, -0.2) is 4.79 Å². The largest absolute Gasteiger partial charge is 0.496 e. The van der Waals surface area contributed by atoms with Crippen molar-refractivity contribution >= 4 is 17.7 Å². The van der Waals surface area contributed by atoms with Crippen molar-refractivity contribution in [3.8, 4) is 5.75 Å². The molecule has 2 aromatic rings. The average molecular weight is 409 g/mol. The highest BCUT2D eigenvalue weighted by Crippen LogP contribution is 2.62. The maximum atomic E-state index is 12.2. The van der Waals surface area contributed by atoms with E-state index in [1.165, 1.54) is 44.1 Å². The molecule has 29 heavy (non-hydrogen) atoms. The second-order valence-corrected chi connectivity index (χ2v) is 10.1. The molecule has 0 unspecified atom stereocenters. The van der Waals surface area contributed by atoms with Crippen LogP contribution in [0.4, 0.5) is 0 Å². The molecular weight excluding hydrogens is 380 g/mol. The number of rotatable bonds is 6. The predicted molar refractivity (Wildman–Crippen MR) is 115 cm³/mol. The maximum Gasteiger partial charge on any atom is 0.338 e. The molecule has 3 nitrogen and oxygen atoms in total. The first kappa shape index (κ1) is 19.0. The number of methoxy groups -OCH3 is 1. The Morgan fingerprint density at radius 1 is 1.00 bits per heavy atom. The fourth-order valence-electron chi connectivity index (χ4n) is 6.44. The first-order valence-corrected chi connectivity index (χ1v) is 11.7. The second-order valence-electron chi connectivity index (χ2n) is 9.12. The van der Waals surface area contributed by atoms with E-state index < -0.39 is 0 Å². The van der Waals surface area contributed by atoms with Crippen molar-refractivity contribution in [2.45, 2.75) is 48.8 Å². The summed E-state index contributed by atoms with van der Waals surface area (Å²) in [5.74, 6) is 3.77. The van der Waals surface area contributed by atoms with Gasteiger partial charge in [0.05, 0.1) is 12.7 Å². The lowest BCUT2D eigenvalue weighted by Crippen LogP contribution is -2.48. The molecule has 0 radical (unpaired) electrons. The molecule has 4 saturated carbocycles. The molecule has 0 heterocycles. The zero-order valence-corrected chi connectivity index (χ0v) is 17.8. The van der Waals surface area contributed by atoms with Gasteiger partial charge >= 0.3 is 5.97 Å². The third-order valence-electron chi connectivity index (χ3n) is 7.21. The van der Waals surface area contributed by atoms with Crippen LogP contribution in [0.25, 0.3) is 0 Å². The van der Waals surface area contributed by atoms with Gasteiger partial charge in [-0.2, -0.15) is 0 Å². The highest BCUT2D eigenvalue weighted by Gasteiger charge is 2.52. The molecule has 4 aliphatic rings. The molecule has 0 spiro atoms. The fourth-order valence-corrected chi connectivity index (χ4v) is 7.11. The van der Waals surface area contributed by atoms with Gasteiger partial charge in [-0.05, 0) is 92.0 Å². The molecule has 4 bridgehead atoms. The summed E-state index contributed by atoms with van der Waals surface area (Å²) in [6.07, 6.45) is 8.24. The molecule has 4 aliphatic carbocycles. The Bertz CT molecular complexity index is 857. The van der Waals surface area contributed by atoms with Gasteiger partial charge in [0.15, 0.2) is 0 Å². The number of hydrogen-bond acceptors (Lipinski definition) is 4. The Labute approximate surface area is 177 Å². The molecular formula is C25H28O3S. The Balaban J connectivity index is 1.32. The summed E-state index contributed by atoms with van der Waals surface area (Å²) in [6, 6.07) is 15.7. The van der Waals surface area contributed by atoms with Crippen molar-refractivity contribution in [2.24, 2.45) is 17.8 Å². The van der Waals surface area contributed by atoms with E-state index in [4.69, 9.17) is 9.47 Å². The maximum absolute atomic E-state index is 12.2. The fraction of sp³-hybridized carbons (Fsp3) is 0.480. The Morgan fingerprint density at radius 2 is 1.66 bits per heavy atom. The smallest absolute Gasteiger partial charge is 0.338 e. The second kappa shape index (κ2) is 7.71. The van der Waals surface area contributed by atoms with Gasteiger partial charge in [-0.3, -0.25) is 0 Å². The van der Waals surface area contributed by atoms with Crippen LogP contribution in [-0.2, 0) is 10.2 Å². The number of esters is 1. The summed E-state index contributed by atoms with van der Waals surface area (Å²) in [5, 5.41) is 0. The van der Waals surface area contributed by atoms with Crippen LogP contribution >= 0.6 is 11.8 Å². The topological polar surface area (TPSA) is 35.5 Å². The molecule has 0 aromatic heterocycles. The van der Waals surface area contributed by atoms with E-state index in [1.807, 2.05) is 18.2 Å². The van der Waals surface area contributed by atoms with Crippen molar-refractivity contribution in [3.63, 3.8) is 0 Å². The van der Waals surface area contributed by atoms with Gasteiger partial charge in [0.1, 0.15) is 11.7 Å². The lowest BCUT2D eigenvalue weighted by Gasteiger charge is -2.57. The minimum atomic E-state index is -0.270. The first-order valence-electron chi connectivity index (χ1n) is 10.7. The van der Waals surface area contributed by atoms with E-state index in [2.05, 4.69) is 18.2 Å². The van der Waals surface area contributed by atoms with Crippen molar-refractivity contribution in [2.75, 3.05) is 13.0 Å². The molecule has 0 amide bonds. The Kier molecular flexibility index (Phi) is 5.07. The molecule has 0 aliphatic heterocycles. The van der Waals surface area contributed by atoms with E-state index in [0.29, 0.717) is 11.5 Å².